The first-order chi connectivity index (χ1) is 14.9. The number of ether oxygens (including phenoxy) is 1. The number of esters is 1. The van der Waals surface area contributed by atoms with Crippen LogP contribution in [-0.2, 0) is 19.1 Å². The van der Waals surface area contributed by atoms with E-state index in [4.69, 9.17) is 4.74 Å². The highest BCUT2D eigenvalue weighted by molar-refractivity contribution is 6.15. The van der Waals surface area contributed by atoms with Crippen LogP contribution in [0.15, 0.2) is 54.6 Å². The lowest BCUT2D eigenvalue weighted by atomic mass is 10.2. The Morgan fingerprint density at radius 2 is 1.65 bits per heavy atom. The van der Waals surface area contributed by atoms with Crippen molar-refractivity contribution in [2.45, 2.75) is 13.8 Å². The zero-order valence-corrected chi connectivity index (χ0v) is 16.9. The van der Waals surface area contributed by atoms with Gasteiger partial charge in [-0.3, -0.25) is 9.59 Å². The van der Waals surface area contributed by atoms with Gasteiger partial charge in [0.1, 0.15) is 0 Å². The van der Waals surface area contributed by atoms with E-state index >= 15 is 0 Å². The number of carbonyl (C=O) groups excluding carboxylic acids is 3. The first kappa shape index (κ1) is 21.4. The second-order valence-corrected chi connectivity index (χ2v) is 6.46. The van der Waals surface area contributed by atoms with Gasteiger partial charge in [0.05, 0.1) is 0 Å². The third kappa shape index (κ3) is 6.07. The Balaban J connectivity index is 1.65. The summed E-state index contributed by atoms with van der Waals surface area (Å²) < 4.78 is 6.42. The highest BCUT2D eigenvalue weighted by Gasteiger charge is 2.19. The zero-order chi connectivity index (χ0) is 22.2. The summed E-state index contributed by atoms with van der Waals surface area (Å²) in [4.78, 5) is 35.9. The largest absolute Gasteiger partial charge is 0.451 e. The molecule has 0 saturated carbocycles. The summed E-state index contributed by atoms with van der Waals surface area (Å²) in [5, 5.41) is 16.4. The molecule has 0 aliphatic rings. The third-order valence-corrected chi connectivity index (χ3v) is 3.99. The van der Waals surface area contributed by atoms with Gasteiger partial charge < -0.3 is 15.4 Å². The number of aromatic nitrogens is 4. The smallest absolute Gasteiger partial charge is 0.357 e. The molecule has 1 aromatic heterocycles. The molecule has 0 unspecified atom stereocenters. The van der Waals surface area contributed by atoms with Crippen LogP contribution in [-0.4, -0.2) is 44.6 Å². The Labute approximate surface area is 177 Å². The lowest BCUT2D eigenvalue weighted by molar-refractivity contribution is -0.141. The monoisotopic (exact) mass is 420 g/mol. The minimum atomic E-state index is -0.754. The van der Waals surface area contributed by atoms with Crippen molar-refractivity contribution >= 4 is 40.9 Å². The molecule has 10 nitrogen and oxygen atoms in total. The Kier molecular flexibility index (Phi) is 6.84. The first-order valence-corrected chi connectivity index (χ1v) is 9.29. The summed E-state index contributed by atoms with van der Waals surface area (Å²) in [6.45, 7) is 2.55. The molecular weight excluding hydrogens is 400 g/mol. The van der Waals surface area contributed by atoms with Crippen LogP contribution in [0.1, 0.15) is 18.3 Å². The topological polar surface area (TPSA) is 128 Å². The van der Waals surface area contributed by atoms with E-state index in [9.17, 15) is 14.4 Å². The van der Waals surface area contributed by atoms with Crippen LogP contribution >= 0.6 is 0 Å². The number of benzene rings is 2. The average Bonchev–Trinajstić information content (AvgIpc) is 3.17. The standard InChI is InChI=1S/C21H20N6O4/c1-14-24-25-26-27(14)19(12-16-6-4-3-5-7-16)21(30)31-13-20(29)23-18-10-8-17(9-11-18)22-15(2)28/h3-12H,13H2,1-2H3,(H,22,28)(H,23,29). The second-order valence-electron chi connectivity index (χ2n) is 6.46. The van der Waals surface area contributed by atoms with Gasteiger partial charge in [-0.15, -0.1) is 5.10 Å². The number of hydrogen-bond donors (Lipinski definition) is 2. The molecule has 0 fully saturated rings. The van der Waals surface area contributed by atoms with Gasteiger partial charge in [0, 0.05) is 18.3 Å². The third-order valence-electron chi connectivity index (χ3n) is 3.99. The van der Waals surface area contributed by atoms with Gasteiger partial charge in [-0.2, -0.15) is 4.68 Å². The number of nitrogens with zero attached hydrogens (tertiary/aromatic N) is 4. The predicted molar refractivity (Wildman–Crippen MR) is 113 cm³/mol. The van der Waals surface area contributed by atoms with Crippen molar-refractivity contribution in [3.63, 3.8) is 0 Å². The van der Waals surface area contributed by atoms with Gasteiger partial charge in [0.2, 0.25) is 5.91 Å². The zero-order valence-electron chi connectivity index (χ0n) is 16.9. The number of tetrazole rings is 1. The van der Waals surface area contributed by atoms with E-state index in [2.05, 4.69) is 26.2 Å². The number of nitrogens with one attached hydrogen (secondary N) is 2. The van der Waals surface area contributed by atoms with E-state index in [-0.39, 0.29) is 11.6 Å². The molecule has 31 heavy (non-hydrogen) atoms. The maximum absolute atomic E-state index is 12.7. The summed E-state index contributed by atoms with van der Waals surface area (Å²) in [7, 11) is 0. The Hall–Kier alpha value is -4.34. The van der Waals surface area contributed by atoms with Crippen molar-refractivity contribution in [2.24, 2.45) is 0 Å². The predicted octanol–water partition coefficient (Wildman–Crippen LogP) is 2.12. The molecule has 2 N–H and O–H groups in total. The molecule has 3 aromatic rings. The van der Waals surface area contributed by atoms with Crippen molar-refractivity contribution in [3.8, 4) is 0 Å². The molecule has 0 saturated heterocycles. The molecule has 0 bridgehead atoms. The van der Waals surface area contributed by atoms with E-state index in [1.807, 2.05) is 30.3 Å². The number of amides is 2. The minimum absolute atomic E-state index is 0.0705. The molecule has 10 heteroatoms. The number of anilines is 2. The van der Waals surface area contributed by atoms with Gasteiger partial charge in [-0.05, 0) is 53.3 Å². The van der Waals surface area contributed by atoms with E-state index in [0.29, 0.717) is 17.2 Å². The number of aryl methyl sites for hydroxylation is 1. The van der Waals surface area contributed by atoms with Gasteiger partial charge >= 0.3 is 5.97 Å². The highest BCUT2D eigenvalue weighted by Crippen LogP contribution is 2.15. The van der Waals surface area contributed by atoms with Gasteiger partial charge in [-0.1, -0.05) is 30.3 Å². The maximum Gasteiger partial charge on any atom is 0.357 e. The SMILES string of the molecule is CC(=O)Nc1ccc(NC(=O)COC(=O)C(=Cc2ccccc2)n2nnnc2C)cc1. The summed E-state index contributed by atoms with van der Waals surface area (Å²) in [5.74, 6) is -1.08. The molecule has 3 rings (SSSR count). The first-order valence-electron chi connectivity index (χ1n) is 9.29. The number of carbonyl (C=O) groups is 3. The van der Waals surface area contributed by atoms with Crippen molar-refractivity contribution in [2.75, 3.05) is 17.2 Å². The molecular formula is C21H20N6O4. The molecule has 0 aliphatic heterocycles. The molecule has 158 valence electrons. The summed E-state index contributed by atoms with van der Waals surface area (Å²) in [6, 6.07) is 15.7. The summed E-state index contributed by atoms with van der Waals surface area (Å²) in [5.41, 5.74) is 1.91. The molecule has 1 heterocycles. The van der Waals surface area contributed by atoms with E-state index in [1.165, 1.54) is 11.6 Å². The van der Waals surface area contributed by atoms with Crippen LogP contribution < -0.4 is 10.6 Å². The second kappa shape index (κ2) is 9.92. The fraction of sp³-hybridized carbons (Fsp3) is 0.143. The normalized spacial score (nSPS) is 11.0. The van der Waals surface area contributed by atoms with Crippen LogP contribution in [0.25, 0.3) is 11.8 Å². The van der Waals surface area contributed by atoms with Crippen molar-refractivity contribution in [1.29, 1.82) is 0 Å². The number of rotatable bonds is 7. The Morgan fingerprint density at radius 1 is 1.00 bits per heavy atom. The van der Waals surface area contributed by atoms with Gasteiger partial charge in [0.15, 0.2) is 18.1 Å². The molecule has 0 radical (unpaired) electrons. The Bertz CT molecular complexity index is 1110. The van der Waals surface area contributed by atoms with E-state index in [0.717, 1.165) is 5.56 Å². The molecule has 0 aliphatic carbocycles. The average molecular weight is 420 g/mol. The molecule has 2 amide bonds. The summed E-state index contributed by atoms with van der Waals surface area (Å²) in [6.07, 6.45) is 1.57. The lowest BCUT2D eigenvalue weighted by Gasteiger charge is -2.10. The van der Waals surface area contributed by atoms with Crippen LogP contribution in [0.2, 0.25) is 0 Å². The van der Waals surface area contributed by atoms with Crippen molar-refractivity contribution < 1.29 is 19.1 Å². The van der Waals surface area contributed by atoms with Gasteiger partial charge in [0.25, 0.3) is 5.91 Å². The number of hydrogen-bond acceptors (Lipinski definition) is 7. The quantitative estimate of drug-likeness (QED) is 0.442. The fourth-order valence-electron chi connectivity index (χ4n) is 2.61. The molecule has 0 spiro atoms. The fourth-order valence-corrected chi connectivity index (χ4v) is 2.61. The minimum Gasteiger partial charge on any atom is -0.451 e. The maximum atomic E-state index is 12.7. The van der Waals surface area contributed by atoms with Crippen LogP contribution in [0.3, 0.4) is 0 Å². The van der Waals surface area contributed by atoms with Crippen molar-refractivity contribution in [3.05, 3.63) is 66.0 Å². The van der Waals surface area contributed by atoms with E-state index < -0.39 is 18.5 Å². The lowest BCUT2D eigenvalue weighted by Crippen LogP contribution is -2.23. The molecule has 0 atom stereocenters. The van der Waals surface area contributed by atoms with E-state index in [1.54, 1.807) is 37.3 Å². The van der Waals surface area contributed by atoms with Crippen molar-refractivity contribution in [1.82, 2.24) is 20.2 Å². The van der Waals surface area contributed by atoms with Crippen LogP contribution in [0, 0.1) is 6.92 Å². The Morgan fingerprint density at radius 3 is 2.23 bits per heavy atom. The van der Waals surface area contributed by atoms with Gasteiger partial charge in [-0.25, -0.2) is 4.79 Å². The van der Waals surface area contributed by atoms with Crippen LogP contribution in [0.5, 0.6) is 0 Å². The summed E-state index contributed by atoms with van der Waals surface area (Å²) >= 11 is 0. The highest BCUT2D eigenvalue weighted by atomic mass is 16.5. The molecule has 2 aromatic carbocycles. The van der Waals surface area contributed by atoms with Crippen LogP contribution in [0.4, 0.5) is 11.4 Å².